The molecule has 90 valence electrons. The Labute approximate surface area is 94.3 Å². The summed E-state index contributed by atoms with van der Waals surface area (Å²) in [7, 11) is 0. The van der Waals surface area contributed by atoms with Crippen LogP contribution < -0.4 is 10.1 Å². The van der Waals surface area contributed by atoms with Gasteiger partial charge in [0.2, 0.25) is 5.88 Å². The van der Waals surface area contributed by atoms with E-state index in [2.05, 4.69) is 15.3 Å². The average Bonchev–Trinajstić information content (AvgIpc) is 2.25. The number of rotatable bonds is 6. The van der Waals surface area contributed by atoms with Crippen molar-refractivity contribution < 1.29 is 14.9 Å². The normalized spacial score (nSPS) is 10.9. The molecule has 6 nitrogen and oxygen atoms in total. The third kappa shape index (κ3) is 4.00. The molecule has 16 heavy (non-hydrogen) atoms. The first-order valence-corrected chi connectivity index (χ1v) is 5.12. The summed E-state index contributed by atoms with van der Waals surface area (Å²) in [6.07, 6.45) is 1.40. The van der Waals surface area contributed by atoms with Gasteiger partial charge in [-0.25, -0.2) is 9.97 Å². The standard InChI is InChI=1S/C10H17N3O3/c1-7(2)16-10-3-9(11-6-12-10)13-8(4-14)5-15/h3,6-8,14-15H,4-5H2,1-2H3,(H,11,12,13). The van der Waals surface area contributed by atoms with Gasteiger partial charge in [0.05, 0.1) is 25.4 Å². The maximum Gasteiger partial charge on any atom is 0.218 e. The van der Waals surface area contributed by atoms with Crippen LogP contribution in [0, 0.1) is 0 Å². The molecule has 0 bridgehead atoms. The summed E-state index contributed by atoms with van der Waals surface area (Å²) >= 11 is 0. The molecule has 1 rings (SSSR count). The van der Waals surface area contributed by atoms with Gasteiger partial charge >= 0.3 is 0 Å². The molecule has 0 aliphatic rings. The van der Waals surface area contributed by atoms with E-state index in [4.69, 9.17) is 14.9 Å². The summed E-state index contributed by atoms with van der Waals surface area (Å²) in [5.41, 5.74) is 0. The number of hydrogen-bond donors (Lipinski definition) is 3. The van der Waals surface area contributed by atoms with Gasteiger partial charge in [0, 0.05) is 6.07 Å². The van der Waals surface area contributed by atoms with E-state index in [0.717, 1.165) is 0 Å². The van der Waals surface area contributed by atoms with Crippen molar-refractivity contribution in [2.45, 2.75) is 26.0 Å². The van der Waals surface area contributed by atoms with E-state index in [1.54, 1.807) is 6.07 Å². The third-order valence-corrected chi connectivity index (χ3v) is 1.79. The minimum absolute atomic E-state index is 0.0363. The van der Waals surface area contributed by atoms with E-state index < -0.39 is 6.04 Å². The van der Waals surface area contributed by atoms with Crippen LogP contribution in [-0.4, -0.2) is 45.5 Å². The molecule has 0 amide bonds. The Kier molecular flexibility index (Phi) is 4.94. The lowest BCUT2D eigenvalue weighted by molar-refractivity contribution is 0.203. The zero-order valence-electron chi connectivity index (χ0n) is 9.42. The highest BCUT2D eigenvalue weighted by atomic mass is 16.5. The van der Waals surface area contributed by atoms with Gasteiger partial charge in [-0.05, 0) is 13.8 Å². The first-order valence-electron chi connectivity index (χ1n) is 5.12. The Morgan fingerprint density at radius 1 is 1.31 bits per heavy atom. The number of aliphatic hydroxyl groups is 2. The number of anilines is 1. The monoisotopic (exact) mass is 227 g/mol. The van der Waals surface area contributed by atoms with Crippen molar-refractivity contribution in [3.8, 4) is 5.88 Å². The summed E-state index contributed by atoms with van der Waals surface area (Å²) in [6, 6.07) is 1.19. The molecule has 1 aromatic heterocycles. The lowest BCUT2D eigenvalue weighted by atomic mass is 10.3. The number of nitrogens with zero attached hydrogens (tertiary/aromatic N) is 2. The molecule has 0 aliphatic carbocycles. The van der Waals surface area contributed by atoms with Crippen LogP contribution in [0.1, 0.15) is 13.8 Å². The Hall–Kier alpha value is -1.40. The molecule has 0 saturated carbocycles. The van der Waals surface area contributed by atoms with Crippen molar-refractivity contribution in [2.75, 3.05) is 18.5 Å². The lowest BCUT2D eigenvalue weighted by Gasteiger charge is -2.14. The minimum Gasteiger partial charge on any atom is -0.475 e. The molecule has 0 saturated heterocycles. The van der Waals surface area contributed by atoms with Crippen LogP contribution in [0.5, 0.6) is 5.88 Å². The predicted molar refractivity (Wildman–Crippen MR) is 59.4 cm³/mol. The molecule has 0 fully saturated rings. The zero-order valence-corrected chi connectivity index (χ0v) is 9.42. The minimum atomic E-state index is -0.429. The highest BCUT2D eigenvalue weighted by molar-refractivity contribution is 5.38. The topological polar surface area (TPSA) is 87.5 Å². The third-order valence-electron chi connectivity index (χ3n) is 1.79. The summed E-state index contributed by atoms with van der Waals surface area (Å²) < 4.78 is 5.39. The van der Waals surface area contributed by atoms with E-state index in [0.29, 0.717) is 11.7 Å². The van der Waals surface area contributed by atoms with Crippen LogP contribution in [-0.2, 0) is 0 Å². The number of nitrogens with one attached hydrogen (secondary N) is 1. The fourth-order valence-electron chi connectivity index (χ4n) is 1.08. The number of aliphatic hydroxyl groups excluding tert-OH is 2. The Morgan fingerprint density at radius 3 is 2.56 bits per heavy atom. The second kappa shape index (κ2) is 6.24. The maximum absolute atomic E-state index is 8.90. The number of hydrogen-bond acceptors (Lipinski definition) is 6. The van der Waals surface area contributed by atoms with Crippen LogP contribution in [0.4, 0.5) is 5.82 Å². The van der Waals surface area contributed by atoms with Crippen molar-refractivity contribution in [2.24, 2.45) is 0 Å². The van der Waals surface area contributed by atoms with Gasteiger partial charge in [-0.15, -0.1) is 0 Å². The maximum atomic E-state index is 8.90. The van der Waals surface area contributed by atoms with Gasteiger partial charge in [0.15, 0.2) is 0 Å². The van der Waals surface area contributed by atoms with Crippen LogP contribution in [0.25, 0.3) is 0 Å². The highest BCUT2D eigenvalue weighted by Gasteiger charge is 2.07. The zero-order chi connectivity index (χ0) is 12.0. The fraction of sp³-hybridized carbons (Fsp3) is 0.600. The Morgan fingerprint density at radius 2 is 2.00 bits per heavy atom. The first-order chi connectivity index (χ1) is 7.65. The second-order valence-electron chi connectivity index (χ2n) is 3.61. The van der Waals surface area contributed by atoms with Gasteiger partial charge in [0.25, 0.3) is 0 Å². The smallest absolute Gasteiger partial charge is 0.218 e. The molecule has 0 radical (unpaired) electrons. The van der Waals surface area contributed by atoms with Crippen molar-refractivity contribution in [1.29, 1.82) is 0 Å². The molecule has 6 heteroatoms. The molecule has 0 atom stereocenters. The van der Waals surface area contributed by atoms with Gasteiger partial charge in [-0.1, -0.05) is 0 Å². The Bertz CT molecular complexity index is 316. The Balaban J connectivity index is 2.66. The summed E-state index contributed by atoms with van der Waals surface area (Å²) in [5.74, 6) is 0.973. The quantitative estimate of drug-likeness (QED) is 0.635. The predicted octanol–water partition coefficient (Wildman–Crippen LogP) is 0.0289. The number of aromatic nitrogens is 2. The molecule has 0 aliphatic heterocycles. The van der Waals surface area contributed by atoms with Crippen LogP contribution in [0.3, 0.4) is 0 Å². The van der Waals surface area contributed by atoms with Crippen LogP contribution >= 0.6 is 0 Å². The van der Waals surface area contributed by atoms with Gasteiger partial charge in [-0.3, -0.25) is 0 Å². The molecular weight excluding hydrogens is 210 g/mol. The molecule has 0 unspecified atom stereocenters. The van der Waals surface area contributed by atoms with Crippen molar-refractivity contribution >= 4 is 5.82 Å². The molecule has 0 aromatic carbocycles. The van der Waals surface area contributed by atoms with Gasteiger partial charge < -0.3 is 20.3 Å². The highest BCUT2D eigenvalue weighted by Crippen LogP contribution is 2.13. The first kappa shape index (κ1) is 12.7. The van der Waals surface area contributed by atoms with Crippen molar-refractivity contribution in [3.05, 3.63) is 12.4 Å². The van der Waals surface area contributed by atoms with Gasteiger partial charge in [-0.2, -0.15) is 0 Å². The fourth-order valence-corrected chi connectivity index (χ4v) is 1.08. The molecule has 3 N–H and O–H groups in total. The molecule has 0 spiro atoms. The molecule has 1 aromatic rings. The van der Waals surface area contributed by atoms with E-state index in [1.807, 2.05) is 13.8 Å². The molecular formula is C10H17N3O3. The number of ether oxygens (including phenoxy) is 1. The molecule has 1 heterocycles. The summed E-state index contributed by atoms with van der Waals surface area (Å²) in [6.45, 7) is 3.47. The van der Waals surface area contributed by atoms with Crippen molar-refractivity contribution in [3.63, 3.8) is 0 Å². The lowest BCUT2D eigenvalue weighted by Crippen LogP contribution is -2.28. The SMILES string of the molecule is CC(C)Oc1cc(NC(CO)CO)ncn1. The van der Waals surface area contributed by atoms with E-state index in [1.165, 1.54) is 6.33 Å². The summed E-state index contributed by atoms with van der Waals surface area (Å²) in [5, 5.41) is 20.7. The van der Waals surface area contributed by atoms with E-state index in [-0.39, 0.29) is 19.3 Å². The van der Waals surface area contributed by atoms with Crippen LogP contribution in [0.15, 0.2) is 12.4 Å². The van der Waals surface area contributed by atoms with E-state index >= 15 is 0 Å². The largest absolute Gasteiger partial charge is 0.475 e. The summed E-state index contributed by atoms with van der Waals surface area (Å²) in [4.78, 5) is 7.90. The van der Waals surface area contributed by atoms with E-state index in [9.17, 15) is 0 Å². The second-order valence-corrected chi connectivity index (χ2v) is 3.61. The van der Waals surface area contributed by atoms with Crippen LogP contribution in [0.2, 0.25) is 0 Å². The van der Waals surface area contributed by atoms with Crippen molar-refractivity contribution in [1.82, 2.24) is 9.97 Å². The van der Waals surface area contributed by atoms with Gasteiger partial charge in [0.1, 0.15) is 12.1 Å². The average molecular weight is 227 g/mol.